The lowest BCUT2D eigenvalue weighted by atomic mass is 10.4. The summed E-state index contributed by atoms with van der Waals surface area (Å²) in [6.45, 7) is 2.71. The number of hydrogen-bond donors (Lipinski definition) is 1. The Bertz CT molecular complexity index is 233. The van der Waals surface area contributed by atoms with Gasteiger partial charge in [-0.1, -0.05) is 0 Å². The molecule has 0 bridgehead atoms. The molecular weight excluding hydrogens is 170 g/mol. The predicted molar refractivity (Wildman–Crippen MR) is 39.2 cm³/mol. The maximum atomic E-state index is 10.7. The molecule has 11 heavy (non-hydrogen) atoms. The Balaban J connectivity index is 4.16. The fourth-order valence-corrected chi connectivity index (χ4v) is 1.01. The lowest BCUT2D eigenvalue weighted by Gasteiger charge is -2.06. The zero-order chi connectivity index (χ0) is 9.07. The normalized spacial score (nSPS) is 14.4. The third-order valence-corrected chi connectivity index (χ3v) is 2.33. The zero-order valence-electron chi connectivity index (χ0n) is 6.40. The molecule has 1 atom stereocenters. The topological polar surface area (TPSA) is 86.5 Å². The molecular formula is C5H11NO4S. The van der Waals surface area contributed by atoms with Gasteiger partial charge in [0.15, 0.2) is 6.10 Å². The number of nitrogens with two attached hydrogens (primary N) is 1. The highest BCUT2D eigenvalue weighted by atomic mass is 32.2. The van der Waals surface area contributed by atoms with E-state index >= 15 is 0 Å². The van der Waals surface area contributed by atoms with Crippen LogP contribution in [0, 0.1) is 0 Å². The van der Waals surface area contributed by atoms with E-state index in [2.05, 4.69) is 4.18 Å². The van der Waals surface area contributed by atoms with E-state index < -0.39 is 22.1 Å². The molecule has 0 aliphatic rings. The van der Waals surface area contributed by atoms with Gasteiger partial charge in [0.25, 0.3) is 10.1 Å². The highest BCUT2D eigenvalue weighted by Gasteiger charge is 2.17. The van der Waals surface area contributed by atoms with E-state index in [4.69, 9.17) is 5.73 Å². The van der Waals surface area contributed by atoms with Gasteiger partial charge in [0.2, 0.25) is 5.91 Å². The summed E-state index contributed by atoms with van der Waals surface area (Å²) < 4.78 is 25.7. The van der Waals surface area contributed by atoms with Crippen LogP contribution >= 0.6 is 0 Å². The molecule has 0 saturated carbocycles. The fraction of sp³-hybridized carbons (Fsp3) is 0.800. The molecule has 0 saturated heterocycles. The van der Waals surface area contributed by atoms with Crippen LogP contribution in [-0.4, -0.2) is 26.2 Å². The molecule has 2 N–H and O–H groups in total. The zero-order valence-corrected chi connectivity index (χ0v) is 7.22. The van der Waals surface area contributed by atoms with Gasteiger partial charge in [0.05, 0.1) is 5.75 Å². The van der Waals surface area contributed by atoms with Crippen molar-refractivity contribution in [1.29, 1.82) is 0 Å². The van der Waals surface area contributed by atoms with E-state index in [1.165, 1.54) is 13.8 Å². The van der Waals surface area contributed by atoms with E-state index in [-0.39, 0.29) is 5.75 Å². The molecule has 0 aromatic heterocycles. The molecule has 0 aliphatic carbocycles. The molecule has 66 valence electrons. The van der Waals surface area contributed by atoms with Gasteiger partial charge >= 0.3 is 0 Å². The maximum absolute atomic E-state index is 10.7. The first kappa shape index (κ1) is 10.4. The molecule has 0 heterocycles. The highest BCUT2D eigenvalue weighted by Crippen LogP contribution is 1.98. The summed E-state index contributed by atoms with van der Waals surface area (Å²) >= 11 is 0. The molecule has 5 nitrogen and oxygen atoms in total. The minimum atomic E-state index is -3.56. The first-order valence-corrected chi connectivity index (χ1v) is 4.67. The second-order valence-corrected chi connectivity index (χ2v) is 3.87. The average molecular weight is 181 g/mol. The van der Waals surface area contributed by atoms with Gasteiger partial charge in [0, 0.05) is 0 Å². The second kappa shape index (κ2) is 3.68. The van der Waals surface area contributed by atoms with Gasteiger partial charge < -0.3 is 5.73 Å². The Morgan fingerprint density at radius 2 is 2.09 bits per heavy atom. The molecule has 1 amide bonds. The summed E-state index contributed by atoms with van der Waals surface area (Å²) in [4.78, 5) is 10.3. The van der Waals surface area contributed by atoms with Crippen molar-refractivity contribution in [2.75, 3.05) is 5.75 Å². The van der Waals surface area contributed by atoms with Crippen LogP contribution in [0.4, 0.5) is 0 Å². The number of amides is 1. The first-order chi connectivity index (χ1) is 4.89. The average Bonchev–Trinajstić information content (AvgIpc) is 1.87. The smallest absolute Gasteiger partial charge is 0.267 e. The third-order valence-electron chi connectivity index (χ3n) is 1.05. The Morgan fingerprint density at radius 3 is 2.36 bits per heavy atom. The van der Waals surface area contributed by atoms with Crippen molar-refractivity contribution in [1.82, 2.24) is 0 Å². The number of rotatable bonds is 4. The van der Waals surface area contributed by atoms with Crippen molar-refractivity contribution in [3.63, 3.8) is 0 Å². The van der Waals surface area contributed by atoms with Crippen LogP contribution in [0.1, 0.15) is 13.8 Å². The quantitative estimate of drug-likeness (QED) is 0.577. The van der Waals surface area contributed by atoms with Gasteiger partial charge in [-0.25, -0.2) is 0 Å². The Hall–Kier alpha value is -0.620. The molecule has 0 radical (unpaired) electrons. The predicted octanol–water partition coefficient (Wildman–Crippen LogP) is -0.774. The molecule has 0 spiro atoms. The van der Waals surface area contributed by atoms with Crippen molar-refractivity contribution >= 4 is 16.0 Å². The van der Waals surface area contributed by atoms with Gasteiger partial charge in [0.1, 0.15) is 0 Å². The standard InChI is InChI=1S/C5H11NO4S/c1-3-11(8,9)10-4(2)5(6)7/h4H,3H2,1-2H3,(H2,6,7). The van der Waals surface area contributed by atoms with E-state index in [0.717, 1.165) is 0 Å². The molecule has 6 heteroatoms. The lowest BCUT2D eigenvalue weighted by molar-refractivity contribution is -0.123. The number of hydrogen-bond acceptors (Lipinski definition) is 4. The molecule has 0 aromatic carbocycles. The summed E-state index contributed by atoms with van der Waals surface area (Å²) in [6, 6.07) is 0. The van der Waals surface area contributed by atoms with Crippen molar-refractivity contribution in [3.8, 4) is 0 Å². The largest absolute Gasteiger partial charge is 0.367 e. The summed E-state index contributed by atoms with van der Waals surface area (Å²) in [5.41, 5.74) is 4.77. The van der Waals surface area contributed by atoms with Gasteiger partial charge in [-0.2, -0.15) is 8.42 Å². The summed E-state index contributed by atoms with van der Waals surface area (Å²) in [5, 5.41) is 0. The summed E-state index contributed by atoms with van der Waals surface area (Å²) in [6.07, 6.45) is -1.08. The van der Waals surface area contributed by atoms with E-state index in [1.54, 1.807) is 0 Å². The van der Waals surface area contributed by atoms with Crippen LogP contribution in [0.5, 0.6) is 0 Å². The first-order valence-electron chi connectivity index (χ1n) is 3.09. The summed E-state index contributed by atoms with van der Waals surface area (Å²) in [5.74, 6) is -0.952. The van der Waals surface area contributed by atoms with Gasteiger partial charge in [-0.15, -0.1) is 0 Å². The highest BCUT2D eigenvalue weighted by molar-refractivity contribution is 7.86. The maximum Gasteiger partial charge on any atom is 0.267 e. The minimum absolute atomic E-state index is 0.162. The van der Waals surface area contributed by atoms with Crippen LogP contribution in [0.2, 0.25) is 0 Å². The monoisotopic (exact) mass is 181 g/mol. The van der Waals surface area contributed by atoms with Crippen LogP contribution in [0.25, 0.3) is 0 Å². The van der Waals surface area contributed by atoms with Crippen LogP contribution in [0.15, 0.2) is 0 Å². The Morgan fingerprint density at radius 1 is 1.64 bits per heavy atom. The molecule has 0 rings (SSSR count). The number of primary amides is 1. The summed E-state index contributed by atoms with van der Waals surface area (Å²) in [7, 11) is -3.56. The molecule has 1 unspecified atom stereocenters. The number of carbonyl (C=O) groups is 1. The van der Waals surface area contributed by atoms with Crippen LogP contribution < -0.4 is 5.73 Å². The molecule has 0 fully saturated rings. The van der Waals surface area contributed by atoms with Crippen LogP contribution in [0.3, 0.4) is 0 Å². The number of carbonyl (C=O) groups excluding carboxylic acids is 1. The van der Waals surface area contributed by atoms with Crippen molar-refractivity contribution in [2.24, 2.45) is 5.73 Å². The van der Waals surface area contributed by atoms with E-state index in [0.29, 0.717) is 0 Å². The van der Waals surface area contributed by atoms with Crippen LogP contribution in [-0.2, 0) is 19.1 Å². The van der Waals surface area contributed by atoms with E-state index in [1.807, 2.05) is 0 Å². The molecule has 0 aliphatic heterocycles. The fourth-order valence-electron chi connectivity index (χ4n) is 0.335. The van der Waals surface area contributed by atoms with Gasteiger partial charge in [-0.05, 0) is 13.8 Å². The Labute approximate surface area is 65.6 Å². The van der Waals surface area contributed by atoms with Crippen molar-refractivity contribution in [3.05, 3.63) is 0 Å². The molecule has 0 aromatic rings. The lowest BCUT2D eigenvalue weighted by Crippen LogP contribution is -2.30. The second-order valence-electron chi connectivity index (χ2n) is 1.99. The van der Waals surface area contributed by atoms with Crippen molar-refractivity contribution < 1.29 is 17.4 Å². The third kappa shape index (κ3) is 3.94. The van der Waals surface area contributed by atoms with E-state index in [9.17, 15) is 13.2 Å². The Kier molecular flexibility index (Phi) is 3.47. The minimum Gasteiger partial charge on any atom is -0.367 e. The SMILES string of the molecule is CCS(=O)(=O)OC(C)C(N)=O. The van der Waals surface area contributed by atoms with Crippen molar-refractivity contribution in [2.45, 2.75) is 20.0 Å². The van der Waals surface area contributed by atoms with Gasteiger partial charge in [-0.3, -0.25) is 8.98 Å².